The van der Waals surface area contributed by atoms with Crippen LogP contribution in [0.2, 0.25) is 0 Å². The molecule has 0 unspecified atom stereocenters. The molecule has 142 valence electrons. The quantitative estimate of drug-likeness (QED) is 0.508. The van der Waals surface area contributed by atoms with Gasteiger partial charge >= 0.3 is 0 Å². The normalized spacial score (nSPS) is 12.5. The molecule has 0 heterocycles. The third-order valence-corrected chi connectivity index (χ3v) is 5.79. The van der Waals surface area contributed by atoms with Crippen LogP contribution >= 0.6 is 0 Å². The van der Waals surface area contributed by atoms with Crippen molar-refractivity contribution >= 4 is 0 Å². The van der Waals surface area contributed by atoms with Crippen molar-refractivity contribution in [1.29, 1.82) is 0 Å². The van der Waals surface area contributed by atoms with Gasteiger partial charge in [0, 0.05) is 0 Å². The maximum atomic E-state index is 10.4. The highest BCUT2D eigenvalue weighted by atomic mass is 16.3. The van der Waals surface area contributed by atoms with Crippen LogP contribution in [0.3, 0.4) is 0 Å². The lowest BCUT2D eigenvalue weighted by Crippen LogP contribution is -2.19. The van der Waals surface area contributed by atoms with E-state index in [-0.39, 0.29) is 16.9 Å². The van der Waals surface area contributed by atoms with E-state index in [1.807, 2.05) is 0 Å². The summed E-state index contributed by atoms with van der Waals surface area (Å²) in [5.74, 6) is 0. The Hall–Kier alpha value is -1.60. The van der Waals surface area contributed by atoms with Crippen LogP contribution in [0, 0.1) is 0 Å². The Labute approximate surface area is 160 Å². The Kier molecular flexibility index (Phi) is 7.46. The van der Waals surface area contributed by atoms with Crippen molar-refractivity contribution in [3.05, 3.63) is 71.8 Å². The smallest absolute Gasteiger partial charge is 0.0540 e. The van der Waals surface area contributed by atoms with Gasteiger partial charge in [-0.2, -0.15) is 0 Å². The average Bonchev–Trinajstić information content (AvgIpc) is 2.63. The van der Waals surface area contributed by atoms with Crippen molar-refractivity contribution in [1.82, 2.24) is 0 Å². The zero-order valence-electron chi connectivity index (χ0n) is 17.0. The van der Waals surface area contributed by atoms with Gasteiger partial charge in [0.1, 0.15) is 0 Å². The maximum absolute atomic E-state index is 10.4. The van der Waals surface area contributed by atoms with Crippen molar-refractivity contribution in [3.63, 3.8) is 0 Å². The van der Waals surface area contributed by atoms with Crippen LogP contribution in [0.4, 0.5) is 0 Å². The van der Waals surface area contributed by atoms with Crippen LogP contribution in [0.25, 0.3) is 0 Å². The Balaban J connectivity index is 1.70. The minimum Gasteiger partial charge on any atom is -0.393 e. The molecule has 0 aliphatic rings. The zero-order chi connectivity index (χ0) is 19.0. The highest BCUT2D eigenvalue weighted by Crippen LogP contribution is 2.31. The summed E-state index contributed by atoms with van der Waals surface area (Å²) in [5.41, 5.74) is 3.13. The maximum Gasteiger partial charge on any atom is 0.0540 e. The van der Waals surface area contributed by atoms with E-state index < -0.39 is 0 Å². The predicted molar refractivity (Wildman–Crippen MR) is 113 cm³/mol. The van der Waals surface area contributed by atoms with E-state index in [1.54, 1.807) is 0 Å². The van der Waals surface area contributed by atoms with Crippen molar-refractivity contribution < 1.29 is 5.11 Å². The molecule has 2 aromatic rings. The molecule has 0 aromatic heterocycles. The van der Waals surface area contributed by atoms with Crippen molar-refractivity contribution in [3.8, 4) is 0 Å². The Morgan fingerprint density at radius 2 is 1.00 bits per heavy atom. The third-order valence-electron chi connectivity index (χ3n) is 5.79. The van der Waals surface area contributed by atoms with Gasteiger partial charge in [-0.05, 0) is 47.6 Å². The summed E-state index contributed by atoms with van der Waals surface area (Å²) in [7, 11) is 0. The Morgan fingerprint density at radius 3 is 1.35 bits per heavy atom. The predicted octanol–water partition coefficient (Wildman–Crippen LogP) is 6.64. The van der Waals surface area contributed by atoms with Gasteiger partial charge in [0.05, 0.1) is 6.10 Å². The molecule has 0 aliphatic heterocycles. The van der Waals surface area contributed by atoms with E-state index in [2.05, 4.69) is 88.4 Å². The average molecular weight is 353 g/mol. The molecule has 2 aromatic carbocycles. The molecule has 2 rings (SSSR count). The first-order chi connectivity index (χ1) is 12.3. The molecule has 0 spiro atoms. The molecule has 1 heteroatoms. The number of hydrogen-bond donors (Lipinski definition) is 1. The fourth-order valence-electron chi connectivity index (χ4n) is 3.77. The monoisotopic (exact) mass is 352 g/mol. The number of hydrogen-bond acceptors (Lipinski definition) is 1. The van der Waals surface area contributed by atoms with Crippen LogP contribution < -0.4 is 0 Å². The van der Waals surface area contributed by atoms with Gasteiger partial charge < -0.3 is 5.11 Å². The minimum absolute atomic E-state index is 0.173. The number of rotatable bonds is 10. The molecule has 26 heavy (non-hydrogen) atoms. The summed E-state index contributed by atoms with van der Waals surface area (Å²) in [6, 6.07) is 21.4. The standard InChI is InChI=1S/C25H36O/c1-24(2,21-13-7-5-8-14-21)19-11-17-23(26)18-12-20-25(3,4)22-15-9-6-10-16-22/h5-10,13-16,23,26H,11-12,17-20H2,1-4H3. The summed E-state index contributed by atoms with van der Waals surface area (Å²) >= 11 is 0. The summed E-state index contributed by atoms with van der Waals surface area (Å²) < 4.78 is 0. The van der Waals surface area contributed by atoms with Gasteiger partial charge in [-0.3, -0.25) is 0 Å². The highest BCUT2D eigenvalue weighted by Gasteiger charge is 2.22. The minimum atomic E-state index is -0.173. The van der Waals surface area contributed by atoms with Gasteiger partial charge in [-0.15, -0.1) is 0 Å². The van der Waals surface area contributed by atoms with Crippen LogP contribution in [0.5, 0.6) is 0 Å². The van der Waals surface area contributed by atoms with E-state index in [4.69, 9.17) is 0 Å². The second-order valence-corrected chi connectivity index (χ2v) is 8.94. The lowest BCUT2D eigenvalue weighted by molar-refractivity contribution is 0.143. The zero-order valence-corrected chi connectivity index (χ0v) is 17.0. The third kappa shape index (κ3) is 6.29. The molecule has 0 amide bonds. The van der Waals surface area contributed by atoms with E-state index in [0.29, 0.717) is 0 Å². The molecule has 0 radical (unpaired) electrons. The van der Waals surface area contributed by atoms with E-state index >= 15 is 0 Å². The fourth-order valence-corrected chi connectivity index (χ4v) is 3.77. The molecular formula is C25H36O. The van der Waals surface area contributed by atoms with Crippen molar-refractivity contribution in [2.45, 2.75) is 83.2 Å². The summed E-state index contributed by atoms with van der Waals surface area (Å²) in [4.78, 5) is 0. The topological polar surface area (TPSA) is 20.2 Å². The molecule has 0 saturated carbocycles. The molecule has 0 saturated heterocycles. The Morgan fingerprint density at radius 1 is 0.654 bits per heavy atom. The largest absolute Gasteiger partial charge is 0.393 e. The molecule has 0 fully saturated rings. The van der Waals surface area contributed by atoms with Crippen LogP contribution in [-0.4, -0.2) is 11.2 Å². The van der Waals surface area contributed by atoms with E-state index in [9.17, 15) is 5.11 Å². The second-order valence-electron chi connectivity index (χ2n) is 8.94. The van der Waals surface area contributed by atoms with E-state index in [1.165, 1.54) is 11.1 Å². The van der Waals surface area contributed by atoms with Gasteiger partial charge in [0.25, 0.3) is 0 Å². The summed E-state index contributed by atoms with van der Waals surface area (Å²) in [6.45, 7) is 9.21. The van der Waals surface area contributed by atoms with Crippen LogP contribution in [0.15, 0.2) is 60.7 Å². The van der Waals surface area contributed by atoms with Crippen molar-refractivity contribution in [2.75, 3.05) is 0 Å². The number of benzene rings is 2. The molecule has 1 nitrogen and oxygen atoms in total. The van der Waals surface area contributed by atoms with Gasteiger partial charge in [0.2, 0.25) is 0 Å². The SMILES string of the molecule is CC(C)(CCCC(O)CCCC(C)(C)c1ccccc1)c1ccccc1. The first-order valence-electron chi connectivity index (χ1n) is 10.1. The second kappa shape index (κ2) is 9.37. The lowest BCUT2D eigenvalue weighted by Gasteiger charge is -2.27. The molecule has 0 atom stereocenters. The fraction of sp³-hybridized carbons (Fsp3) is 0.520. The lowest BCUT2D eigenvalue weighted by atomic mass is 9.79. The van der Waals surface area contributed by atoms with Crippen molar-refractivity contribution in [2.24, 2.45) is 0 Å². The first-order valence-corrected chi connectivity index (χ1v) is 10.1. The van der Waals surface area contributed by atoms with Gasteiger partial charge in [0.15, 0.2) is 0 Å². The molecule has 0 aliphatic carbocycles. The molecule has 1 N–H and O–H groups in total. The molecule has 0 bridgehead atoms. The highest BCUT2D eigenvalue weighted by molar-refractivity contribution is 5.24. The summed E-state index contributed by atoms with van der Waals surface area (Å²) in [5, 5.41) is 10.4. The Bertz CT molecular complexity index is 570. The molecular weight excluding hydrogens is 316 g/mol. The number of aliphatic hydroxyl groups is 1. The van der Waals surface area contributed by atoms with Gasteiger partial charge in [-0.1, -0.05) is 101 Å². The van der Waals surface area contributed by atoms with Crippen LogP contribution in [0.1, 0.15) is 77.3 Å². The first kappa shape index (κ1) is 20.7. The van der Waals surface area contributed by atoms with E-state index in [0.717, 1.165) is 38.5 Å². The number of aliphatic hydroxyl groups excluding tert-OH is 1. The summed E-state index contributed by atoms with van der Waals surface area (Å²) in [6.07, 6.45) is 6.01. The van der Waals surface area contributed by atoms with Gasteiger partial charge in [-0.25, -0.2) is 0 Å². The van der Waals surface area contributed by atoms with Crippen LogP contribution in [-0.2, 0) is 10.8 Å².